The van der Waals surface area contributed by atoms with Gasteiger partial charge in [-0.05, 0) is 38.0 Å². The fraction of sp³-hybridized carbons (Fsp3) is 0.312. The predicted molar refractivity (Wildman–Crippen MR) is 87.4 cm³/mol. The van der Waals surface area contributed by atoms with Gasteiger partial charge in [-0.1, -0.05) is 12.1 Å². The Labute approximate surface area is 133 Å². The lowest BCUT2D eigenvalue weighted by molar-refractivity contribution is -0.384. The van der Waals surface area contributed by atoms with Crippen LogP contribution < -0.4 is 0 Å². The zero-order valence-electron chi connectivity index (χ0n) is 13.0. The first kappa shape index (κ1) is 16.2. The number of benzene rings is 1. The van der Waals surface area contributed by atoms with E-state index in [1.165, 1.54) is 23.5 Å². The average molecular weight is 318 g/mol. The van der Waals surface area contributed by atoms with Gasteiger partial charge in [0.25, 0.3) is 11.6 Å². The topological polar surface area (TPSA) is 63.5 Å². The van der Waals surface area contributed by atoms with Crippen molar-refractivity contribution in [3.05, 3.63) is 61.3 Å². The molecule has 1 unspecified atom stereocenters. The Morgan fingerprint density at radius 1 is 1.32 bits per heavy atom. The van der Waals surface area contributed by atoms with Crippen LogP contribution in [-0.4, -0.2) is 22.8 Å². The molecule has 1 heterocycles. The zero-order chi connectivity index (χ0) is 16.4. The molecule has 1 atom stereocenters. The number of hydrogen-bond donors (Lipinski definition) is 0. The summed E-state index contributed by atoms with van der Waals surface area (Å²) < 4.78 is 0. The van der Waals surface area contributed by atoms with Crippen LogP contribution in [0.15, 0.2) is 30.3 Å². The molecule has 0 fully saturated rings. The highest BCUT2D eigenvalue weighted by molar-refractivity contribution is 7.14. The summed E-state index contributed by atoms with van der Waals surface area (Å²) >= 11 is 1.47. The van der Waals surface area contributed by atoms with Crippen LogP contribution in [-0.2, 0) is 0 Å². The molecule has 2 aromatic rings. The lowest BCUT2D eigenvalue weighted by Crippen LogP contribution is -2.29. The minimum atomic E-state index is -0.427. The molecule has 1 amide bonds. The summed E-state index contributed by atoms with van der Waals surface area (Å²) in [7, 11) is 1.72. The molecular formula is C16H18N2O3S. The van der Waals surface area contributed by atoms with Crippen molar-refractivity contribution in [3.8, 4) is 0 Å². The number of hydrogen-bond acceptors (Lipinski definition) is 4. The van der Waals surface area contributed by atoms with Crippen LogP contribution in [0.4, 0.5) is 5.69 Å². The molecular weight excluding hydrogens is 300 g/mol. The summed E-state index contributed by atoms with van der Waals surface area (Å²) in [6.45, 7) is 5.83. The lowest BCUT2D eigenvalue weighted by atomic mass is 10.1. The largest absolute Gasteiger partial charge is 0.334 e. The molecule has 0 radical (unpaired) electrons. The smallest absolute Gasteiger partial charge is 0.269 e. The van der Waals surface area contributed by atoms with Gasteiger partial charge in [0, 0.05) is 24.1 Å². The van der Waals surface area contributed by atoms with Crippen LogP contribution >= 0.6 is 11.3 Å². The molecule has 1 aromatic heterocycles. The van der Waals surface area contributed by atoms with Crippen LogP contribution in [0.5, 0.6) is 0 Å². The van der Waals surface area contributed by atoms with Crippen LogP contribution in [0.1, 0.15) is 38.6 Å². The lowest BCUT2D eigenvalue weighted by Gasteiger charge is -2.24. The van der Waals surface area contributed by atoms with Gasteiger partial charge in [0.2, 0.25) is 0 Å². The Morgan fingerprint density at radius 2 is 2.00 bits per heavy atom. The molecule has 0 aliphatic rings. The van der Waals surface area contributed by atoms with Gasteiger partial charge in [-0.15, -0.1) is 11.3 Å². The first-order chi connectivity index (χ1) is 10.3. The molecule has 0 bridgehead atoms. The number of amides is 1. The highest BCUT2D eigenvalue weighted by Crippen LogP contribution is 2.27. The highest BCUT2D eigenvalue weighted by Gasteiger charge is 2.22. The van der Waals surface area contributed by atoms with Gasteiger partial charge >= 0.3 is 0 Å². The maximum Gasteiger partial charge on any atom is 0.269 e. The number of carbonyl (C=O) groups excluding carboxylic acids is 1. The second-order valence-electron chi connectivity index (χ2n) is 5.29. The standard InChI is InChI=1S/C16H18N2O3S/c1-10-8-15(22-12(10)3)16(19)17(4)11(2)13-6-5-7-14(9-13)18(20)21/h5-9,11H,1-4H3. The maximum atomic E-state index is 12.5. The van der Waals surface area contributed by atoms with Gasteiger partial charge in [-0.3, -0.25) is 14.9 Å². The Kier molecular flexibility index (Phi) is 4.61. The number of non-ortho nitro benzene ring substituents is 1. The van der Waals surface area contributed by atoms with E-state index in [4.69, 9.17) is 0 Å². The van der Waals surface area contributed by atoms with E-state index < -0.39 is 4.92 Å². The fourth-order valence-electron chi connectivity index (χ4n) is 2.15. The number of nitro groups is 1. The number of rotatable bonds is 4. The van der Waals surface area contributed by atoms with Crippen LogP contribution in [0, 0.1) is 24.0 Å². The maximum absolute atomic E-state index is 12.5. The molecule has 1 aromatic carbocycles. The number of nitrogens with zero attached hydrogens (tertiary/aromatic N) is 2. The number of nitro benzene ring substituents is 1. The molecule has 0 spiro atoms. The predicted octanol–water partition coefficient (Wildman–Crippen LogP) is 4.11. The van der Waals surface area contributed by atoms with Crippen LogP contribution in [0.25, 0.3) is 0 Å². The summed E-state index contributed by atoms with van der Waals surface area (Å²) in [6.07, 6.45) is 0. The first-order valence-corrected chi connectivity index (χ1v) is 7.71. The van der Waals surface area contributed by atoms with Gasteiger partial charge in [-0.25, -0.2) is 0 Å². The molecule has 2 rings (SSSR count). The summed E-state index contributed by atoms with van der Waals surface area (Å²) in [4.78, 5) is 26.4. The summed E-state index contributed by atoms with van der Waals surface area (Å²) in [5.74, 6) is -0.0693. The third-order valence-corrected chi connectivity index (χ3v) is 4.98. The zero-order valence-corrected chi connectivity index (χ0v) is 13.8. The molecule has 116 valence electrons. The Morgan fingerprint density at radius 3 is 2.55 bits per heavy atom. The van der Waals surface area contributed by atoms with E-state index in [0.717, 1.165) is 16.0 Å². The van der Waals surface area contributed by atoms with Crippen molar-refractivity contribution in [2.45, 2.75) is 26.8 Å². The summed E-state index contributed by atoms with van der Waals surface area (Å²) in [5, 5.41) is 10.9. The van der Waals surface area contributed by atoms with Gasteiger partial charge in [0.1, 0.15) is 0 Å². The third kappa shape index (κ3) is 3.17. The van der Waals surface area contributed by atoms with Crippen LogP contribution in [0.2, 0.25) is 0 Å². The van der Waals surface area contributed by atoms with Gasteiger partial charge in [0.05, 0.1) is 15.8 Å². The van der Waals surface area contributed by atoms with Crippen molar-refractivity contribution in [1.82, 2.24) is 4.90 Å². The average Bonchev–Trinajstić information content (AvgIpc) is 2.84. The molecule has 0 aliphatic carbocycles. The van der Waals surface area contributed by atoms with Crippen molar-refractivity contribution in [2.75, 3.05) is 7.05 Å². The van der Waals surface area contributed by atoms with E-state index in [2.05, 4.69) is 0 Å². The van der Waals surface area contributed by atoms with Crippen molar-refractivity contribution < 1.29 is 9.72 Å². The van der Waals surface area contributed by atoms with E-state index in [0.29, 0.717) is 4.88 Å². The summed E-state index contributed by atoms with van der Waals surface area (Å²) in [6, 6.07) is 8.05. The van der Waals surface area contributed by atoms with E-state index in [1.54, 1.807) is 24.1 Å². The van der Waals surface area contributed by atoms with E-state index >= 15 is 0 Å². The van der Waals surface area contributed by atoms with Crippen LogP contribution in [0.3, 0.4) is 0 Å². The van der Waals surface area contributed by atoms with Crippen molar-refractivity contribution in [2.24, 2.45) is 0 Å². The van der Waals surface area contributed by atoms with Crippen molar-refractivity contribution in [1.29, 1.82) is 0 Å². The molecule has 5 nitrogen and oxygen atoms in total. The second kappa shape index (κ2) is 6.27. The van der Waals surface area contributed by atoms with Gasteiger partial charge in [0.15, 0.2) is 0 Å². The first-order valence-electron chi connectivity index (χ1n) is 6.89. The highest BCUT2D eigenvalue weighted by atomic mass is 32.1. The van der Waals surface area contributed by atoms with E-state index in [1.807, 2.05) is 26.8 Å². The Bertz CT molecular complexity index is 704. The number of carbonyl (C=O) groups is 1. The van der Waals surface area contributed by atoms with E-state index in [-0.39, 0.29) is 17.6 Å². The second-order valence-corrected chi connectivity index (χ2v) is 6.55. The normalized spacial score (nSPS) is 12.0. The minimum Gasteiger partial charge on any atom is -0.334 e. The van der Waals surface area contributed by atoms with Gasteiger partial charge < -0.3 is 4.90 Å². The SMILES string of the molecule is Cc1cc(C(=O)N(C)C(C)c2cccc([N+](=O)[O-])c2)sc1C. The number of thiophene rings is 1. The third-order valence-electron chi connectivity index (χ3n) is 3.84. The van der Waals surface area contributed by atoms with E-state index in [9.17, 15) is 14.9 Å². The monoisotopic (exact) mass is 318 g/mol. The molecule has 22 heavy (non-hydrogen) atoms. The molecule has 0 aliphatic heterocycles. The number of aryl methyl sites for hydroxylation is 2. The Balaban J connectivity index is 2.24. The van der Waals surface area contributed by atoms with Gasteiger partial charge in [-0.2, -0.15) is 0 Å². The molecule has 6 heteroatoms. The minimum absolute atomic E-state index is 0.0352. The van der Waals surface area contributed by atoms with Crippen molar-refractivity contribution >= 4 is 22.9 Å². The quantitative estimate of drug-likeness (QED) is 0.629. The Hall–Kier alpha value is -2.21. The fourth-order valence-corrected chi connectivity index (χ4v) is 3.17. The van der Waals surface area contributed by atoms with Crippen molar-refractivity contribution in [3.63, 3.8) is 0 Å². The molecule has 0 saturated carbocycles. The molecule has 0 N–H and O–H groups in total. The summed E-state index contributed by atoms with van der Waals surface area (Å²) in [5.41, 5.74) is 1.88. The molecule has 0 saturated heterocycles.